The number of urea groups is 1. The van der Waals surface area contributed by atoms with Gasteiger partial charge in [0.2, 0.25) is 5.91 Å². The zero-order valence-electron chi connectivity index (χ0n) is 24.2. The predicted octanol–water partition coefficient (Wildman–Crippen LogP) is 4.35. The van der Waals surface area contributed by atoms with Crippen LogP contribution in [0.4, 0.5) is 4.79 Å². The number of carbonyl (C=O) groups is 2. The Kier molecular flexibility index (Phi) is 10.5. The molecule has 3 aliphatic heterocycles. The lowest BCUT2D eigenvalue weighted by molar-refractivity contribution is -0.134. The summed E-state index contributed by atoms with van der Waals surface area (Å²) in [5.41, 5.74) is 1.69. The first-order valence-electron chi connectivity index (χ1n) is 15.0. The number of hydrogen-bond acceptors (Lipinski definition) is 6. The first kappa shape index (κ1) is 30.9. The van der Waals surface area contributed by atoms with Crippen LogP contribution >= 0.6 is 23.2 Å². The first-order valence-corrected chi connectivity index (χ1v) is 15.8. The number of nitrogens with one attached hydrogen (secondary N) is 1. The second-order valence-electron chi connectivity index (χ2n) is 11.8. The molecule has 228 valence electrons. The van der Waals surface area contributed by atoms with E-state index in [1.807, 2.05) is 23.2 Å². The third-order valence-electron chi connectivity index (χ3n) is 8.59. The summed E-state index contributed by atoms with van der Waals surface area (Å²) in [6, 6.07) is 7.94. The highest BCUT2D eigenvalue weighted by Crippen LogP contribution is 2.34. The molecule has 3 fully saturated rings. The number of ether oxygens (including phenoxy) is 1. The van der Waals surface area contributed by atoms with Crippen LogP contribution in [0.5, 0.6) is 5.75 Å². The number of likely N-dealkylation sites (tertiary alicyclic amines) is 3. The number of nitrogens with zero attached hydrogens (tertiary/aromatic N) is 4. The molecule has 0 aliphatic carbocycles. The number of pyridine rings is 1. The average molecular weight is 619 g/mol. The summed E-state index contributed by atoms with van der Waals surface area (Å²) in [4.78, 5) is 37.5. The number of rotatable bonds is 7. The van der Waals surface area contributed by atoms with Crippen LogP contribution in [0.3, 0.4) is 0 Å². The van der Waals surface area contributed by atoms with Gasteiger partial charge in [0.25, 0.3) is 0 Å². The Morgan fingerprint density at radius 2 is 1.83 bits per heavy atom. The molecular weight excluding hydrogens is 577 g/mol. The standard InChI is InChI=1S/C31H41Cl2N5O4/c1-36-13-4-6-25(20-36)42-28-7-2-12-34-29(28)21-10-15-37(16-11-21)30(40)27(17-22-8-9-23(32)18-26(22)33)35-31(41)38-14-3-5-24(39)19-38/h2,7-9,12,18,21,24-25,27,39H,3-6,10-11,13-17,19-20H2,1H3,(H,35,41)/t24-,25+,27-/m1/s1. The van der Waals surface area contributed by atoms with Crippen molar-refractivity contribution < 1.29 is 19.4 Å². The average Bonchev–Trinajstić information content (AvgIpc) is 2.98. The molecule has 3 atom stereocenters. The number of β-amino-alcohol motifs (C(OH)–C–C–N with tert-alkyl or cyclic N) is 1. The third kappa shape index (κ3) is 7.86. The monoisotopic (exact) mass is 617 g/mol. The maximum absolute atomic E-state index is 13.9. The van der Waals surface area contributed by atoms with Gasteiger partial charge in [-0.25, -0.2) is 4.79 Å². The van der Waals surface area contributed by atoms with E-state index in [1.54, 1.807) is 23.1 Å². The van der Waals surface area contributed by atoms with E-state index in [1.165, 1.54) is 0 Å². The largest absolute Gasteiger partial charge is 0.487 e. The van der Waals surface area contributed by atoms with Gasteiger partial charge in [0, 0.05) is 61.3 Å². The highest BCUT2D eigenvalue weighted by molar-refractivity contribution is 6.35. The fourth-order valence-electron chi connectivity index (χ4n) is 6.28. The van der Waals surface area contributed by atoms with Crippen LogP contribution in [0.25, 0.3) is 0 Å². The molecule has 0 saturated carbocycles. The summed E-state index contributed by atoms with van der Waals surface area (Å²) >= 11 is 12.6. The molecule has 2 aromatic rings. The van der Waals surface area contributed by atoms with E-state index in [0.717, 1.165) is 62.2 Å². The number of aliphatic hydroxyl groups excluding tert-OH is 1. The Balaban J connectivity index is 1.26. The maximum Gasteiger partial charge on any atom is 0.318 e. The summed E-state index contributed by atoms with van der Waals surface area (Å²) in [6.45, 7) is 3.90. The highest BCUT2D eigenvalue weighted by atomic mass is 35.5. The Morgan fingerprint density at radius 3 is 2.57 bits per heavy atom. The normalized spacial score (nSPS) is 23.0. The van der Waals surface area contributed by atoms with Crippen LogP contribution in [0.1, 0.15) is 55.7 Å². The molecular formula is C31H41Cl2N5O4. The zero-order valence-corrected chi connectivity index (χ0v) is 25.7. The minimum absolute atomic E-state index is 0.145. The van der Waals surface area contributed by atoms with Crippen molar-refractivity contribution in [3.8, 4) is 5.75 Å². The number of amides is 3. The molecule has 0 spiro atoms. The second-order valence-corrected chi connectivity index (χ2v) is 12.7. The number of piperidine rings is 3. The van der Waals surface area contributed by atoms with Gasteiger partial charge in [-0.1, -0.05) is 29.3 Å². The van der Waals surface area contributed by atoms with E-state index < -0.39 is 12.1 Å². The summed E-state index contributed by atoms with van der Waals surface area (Å²) in [6.07, 6.45) is 6.70. The molecule has 42 heavy (non-hydrogen) atoms. The van der Waals surface area contributed by atoms with E-state index >= 15 is 0 Å². The van der Waals surface area contributed by atoms with Crippen LogP contribution in [-0.2, 0) is 11.2 Å². The lowest BCUT2D eigenvalue weighted by Gasteiger charge is -2.36. The third-order valence-corrected chi connectivity index (χ3v) is 9.17. The summed E-state index contributed by atoms with van der Waals surface area (Å²) in [7, 11) is 2.12. The molecule has 0 radical (unpaired) electrons. The fourth-order valence-corrected chi connectivity index (χ4v) is 6.77. The van der Waals surface area contributed by atoms with Gasteiger partial charge in [0.15, 0.2) is 0 Å². The molecule has 3 saturated heterocycles. The highest BCUT2D eigenvalue weighted by Gasteiger charge is 2.33. The van der Waals surface area contributed by atoms with Crippen LogP contribution in [0, 0.1) is 0 Å². The van der Waals surface area contributed by atoms with E-state index in [-0.39, 0.29) is 36.9 Å². The van der Waals surface area contributed by atoms with Crippen molar-refractivity contribution in [2.45, 2.75) is 69.1 Å². The van der Waals surface area contributed by atoms with Gasteiger partial charge in [0.1, 0.15) is 17.9 Å². The number of halogens is 2. The summed E-state index contributed by atoms with van der Waals surface area (Å²) < 4.78 is 6.44. The minimum Gasteiger partial charge on any atom is -0.487 e. The quantitative estimate of drug-likeness (QED) is 0.479. The van der Waals surface area contributed by atoms with Gasteiger partial charge < -0.3 is 29.9 Å². The first-order chi connectivity index (χ1) is 20.3. The SMILES string of the molecule is CN1CCC[C@H](Oc2cccnc2C2CCN(C(=O)[C@@H](Cc3ccc(Cl)cc3Cl)NC(=O)N3CCC[C@@H](O)C3)CC2)C1. The van der Waals surface area contributed by atoms with E-state index in [9.17, 15) is 14.7 Å². The lowest BCUT2D eigenvalue weighted by atomic mass is 9.91. The van der Waals surface area contributed by atoms with Crippen molar-refractivity contribution in [2.24, 2.45) is 0 Å². The number of hydrogen-bond donors (Lipinski definition) is 2. The smallest absolute Gasteiger partial charge is 0.318 e. The van der Waals surface area contributed by atoms with Crippen molar-refractivity contribution in [1.82, 2.24) is 25.0 Å². The molecule has 1 aromatic heterocycles. The van der Waals surface area contributed by atoms with Gasteiger partial charge >= 0.3 is 6.03 Å². The second kappa shape index (κ2) is 14.3. The number of aromatic nitrogens is 1. The Labute approximate surface area is 258 Å². The molecule has 5 rings (SSSR count). The Morgan fingerprint density at radius 1 is 1.05 bits per heavy atom. The van der Waals surface area contributed by atoms with Gasteiger partial charge in [-0.15, -0.1) is 0 Å². The number of aliphatic hydroxyl groups is 1. The fraction of sp³-hybridized carbons (Fsp3) is 0.581. The molecule has 3 amide bonds. The molecule has 2 N–H and O–H groups in total. The van der Waals surface area contributed by atoms with Gasteiger partial charge in [-0.05, 0) is 81.9 Å². The minimum atomic E-state index is -0.802. The van der Waals surface area contributed by atoms with Crippen LogP contribution in [-0.4, -0.2) is 101 Å². The summed E-state index contributed by atoms with van der Waals surface area (Å²) in [5, 5.41) is 14.0. The zero-order chi connectivity index (χ0) is 29.6. The Hall–Kier alpha value is -2.59. The van der Waals surface area contributed by atoms with Crippen LogP contribution in [0.2, 0.25) is 10.0 Å². The van der Waals surface area contributed by atoms with Crippen LogP contribution < -0.4 is 10.1 Å². The van der Waals surface area contributed by atoms with Gasteiger partial charge in [-0.3, -0.25) is 9.78 Å². The molecule has 1 aromatic carbocycles. The van der Waals surface area contributed by atoms with Crippen molar-refractivity contribution in [3.05, 3.63) is 57.8 Å². The van der Waals surface area contributed by atoms with E-state index in [2.05, 4.69) is 17.3 Å². The molecule has 9 nitrogen and oxygen atoms in total. The van der Waals surface area contributed by atoms with Crippen molar-refractivity contribution in [2.75, 3.05) is 46.3 Å². The van der Waals surface area contributed by atoms with E-state index in [0.29, 0.717) is 36.1 Å². The number of carbonyl (C=O) groups excluding carboxylic acids is 2. The van der Waals surface area contributed by atoms with Crippen LogP contribution in [0.15, 0.2) is 36.5 Å². The number of likely N-dealkylation sites (N-methyl/N-ethyl adjacent to an activating group) is 1. The topological polar surface area (TPSA) is 98.2 Å². The van der Waals surface area contributed by atoms with Crippen molar-refractivity contribution in [3.63, 3.8) is 0 Å². The molecule has 3 aliphatic rings. The predicted molar refractivity (Wildman–Crippen MR) is 163 cm³/mol. The molecule has 0 bridgehead atoms. The Bertz CT molecular complexity index is 1240. The van der Waals surface area contributed by atoms with Crippen molar-refractivity contribution >= 4 is 35.1 Å². The molecule has 0 unspecified atom stereocenters. The molecule has 11 heteroatoms. The van der Waals surface area contributed by atoms with Gasteiger partial charge in [-0.2, -0.15) is 0 Å². The molecule has 4 heterocycles. The maximum atomic E-state index is 13.9. The summed E-state index contributed by atoms with van der Waals surface area (Å²) in [5.74, 6) is 0.877. The van der Waals surface area contributed by atoms with E-state index in [4.69, 9.17) is 32.9 Å². The lowest BCUT2D eigenvalue weighted by Crippen LogP contribution is -2.56. The van der Waals surface area contributed by atoms with Gasteiger partial charge in [0.05, 0.1) is 11.8 Å². The number of benzene rings is 1. The van der Waals surface area contributed by atoms with Crippen molar-refractivity contribution in [1.29, 1.82) is 0 Å².